The summed E-state index contributed by atoms with van der Waals surface area (Å²) in [6.07, 6.45) is 2.27. The molecule has 5 heteroatoms. The number of carbonyl (C=O) groups excluding carboxylic acids is 1. The molecule has 0 atom stereocenters. The van der Waals surface area contributed by atoms with Crippen LogP contribution >= 0.6 is 0 Å². The first-order valence-corrected chi connectivity index (χ1v) is 6.83. The summed E-state index contributed by atoms with van der Waals surface area (Å²) in [4.78, 5) is 22.3. The van der Waals surface area contributed by atoms with Crippen molar-refractivity contribution in [1.29, 1.82) is 0 Å². The average Bonchev–Trinajstić information content (AvgIpc) is 2.19. The molecule has 0 aromatic heterocycles. The molecule has 112 valence electrons. The van der Waals surface area contributed by atoms with Crippen LogP contribution in [0.15, 0.2) is 0 Å². The summed E-state index contributed by atoms with van der Waals surface area (Å²) in [6, 6.07) is 0. The van der Waals surface area contributed by atoms with E-state index in [0.717, 1.165) is 12.8 Å². The lowest BCUT2D eigenvalue weighted by Crippen LogP contribution is -2.30. The van der Waals surface area contributed by atoms with Gasteiger partial charge in [0.15, 0.2) is 0 Å². The van der Waals surface area contributed by atoms with Crippen molar-refractivity contribution >= 4 is 11.9 Å². The Kier molecular flexibility index (Phi) is 8.39. The number of unbranched alkanes of at least 4 members (excludes halogenated alkanes) is 1. The molecular formula is C14H27NO4. The first kappa shape index (κ1) is 17.9. The second-order valence-electron chi connectivity index (χ2n) is 5.89. The minimum absolute atomic E-state index is 0.00263. The molecule has 0 aromatic rings. The van der Waals surface area contributed by atoms with Crippen LogP contribution < -0.4 is 5.32 Å². The molecule has 0 aliphatic carbocycles. The first-order chi connectivity index (χ1) is 8.73. The molecule has 0 bridgehead atoms. The zero-order valence-corrected chi connectivity index (χ0v) is 12.5. The molecular weight excluding hydrogens is 246 g/mol. The van der Waals surface area contributed by atoms with Gasteiger partial charge in [-0.05, 0) is 32.1 Å². The van der Waals surface area contributed by atoms with Gasteiger partial charge in [0.1, 0.15) is 0 Å². The molecule has 0 rings (SSSR count). The highest BCUT2D eigenvalue weighted by Gasteiger charge is 2.24. The number of nitrogens with one attached hydrogen (secondary N) is 1. The van der Waals surface area contributed by atoms with Crippen molar-refractivity contribution < 1.29 is 19.4 Å². The molecule has 0 aliphatic rings. The minimum atomic E-state index is -0.872. The van der Waals surface area contributed by atoms with Crippen LogP contribution in [0.25, 0.3) is 0 Å². The lowest BCUT2D eigenvalue weighted by atomic mass is 9.85. The number of amides is 1. The second-order valence-corrected chi connectivity index (χ2v) is 5.89. The fourth-order valence-corrected chi connectivity index (χ4v) is 1.74. The van der Waals surface area contributed by atoms with Gasteiger partial charge in [0.25, 0.3) is 0 Å². The van der Waals surface area contributed by atoms with E-state index >= 15 is 0 Å². The predicted octanol–water partition coefficient (Wildman–Crippen LogP) is 2.20. The van der Waals surface area contributed by atoms with Crippen molar-refractivity contribution in [3.8, 4) is 0 Å². The molecule has 0 radical (unpaired) electrons. The lowest BCUT2D eigenvalue weighted by Gasteiger charge is -2.21. The van der Waals surface area contributed by atoms with Gasteiger partial charge >= 0.3 is 5.97 Å². The number of ether oxygens (including phenoxy) is 1. The first-order valence-electron chi connectivity index (χ1n) is 6.83. The van der Waals surface area contributed by atoms with Crippen molar-refractivity contribution in [3.63, 3.8) is 0 Å². The molecule has 0 heterocycles. The summed E-state index contributed by atoms with van der Waals surface area (Å²) in [7, 11) is 0. The number of aliphatic carboxylic acids is 1. The fourth-order valence-electron chi connectivity index (χ4n) is 1.74. The van der Waals surface area contributed by atoms with Gasteiger partial charge in [-0.3, -0.25) is 9.59 Å². The standard InChI is InChI=1S/C14H27NO4/c1-11(2)19-8-6-5-7-15-12(16)9-14(3,4)10-13(17)18/h11H,5-10H2,1-4H3,(H,15,16)(H,17,18). The molecule has 0 saturated heterocycles. The van der Waals surface area contributed by atoms with Crippen molar-refractivity contribution in [2.75, 3.05) is 13.2 Å². The third-order valence-electron chi connectivity index (χ3n) is 2.61. The van der Waals surface area contributed by atoms with Crippen LogP contribution in [-0.4, -0.2) is 36.2 Å². The number of hydrogen-bond acceptors (Lipinski definition) is 3. The number of hydrogen-bond donors (Lipinski definition) is 2. The van der Waals surface area contributed by atoms with E-state index in [1.54, 1.807) is 13.8 Å². The van der Waals surface area contributed by atoms with Crippen LogP contribution in [0.3, 0.4) is 0 Å². The van der Waals surface area contributed by atoms with E-state index in [-0.39, 0.29) is 24.9 Å². The van der Waals surface area contributed by atoms with Gasteiger partial charge in [-0.25, -0.2) is 0 Å². The van der Waals surface area contributed by atoms with Crippen molar-refractivity contribution in [2.24, 2.45) is 5.41 Å². The van der Waals surface area contributed by atoms with Gasteiger partial charge in [0, 0.05) is 19.6 Å². The topological polar surface area (TPSA) is 75.6 Å². The Balaban J connectivity index is 3.67. The Morgan fingerprint density at radius 3 is 2.37 bits per heavy atom. The van der Waals surface area contributed by atoms with Crippen LogP contribution in [0.1, 0.15) is 53.4 Å². The van der Waals surface area contributed by atoms with E-state index in [9.17, 15) is 9.59 Å². The minimum Gasteiger partial charge on any atom is -0.481 e. The molecule has 0 unspecified atom stereocenters. The van der Waals surface area contributed by atoms with Crippen molar-refractivity contribution in [1.82, 2.24) is 5.32 Å². The van der Waals surface area contributed by atoms with E-state index in [1.165, 1.54) is 0 Å². The maximum Gasteiger partial charge on any atom is 0.303 e. The Morgan fingerprint density at radius 1 is 1.21 bits per heavy atom. The van der Waals surface area contributed by atoms with E-state index < -0.39 is 11.4 Å². The van der Waals surface area contributed by atoms with Crippen LogP contribution in [0.2, 0.25) is 0 Å². The normalized spacial score (nSPS) is 11.6. The van der Waals surface area contributed by atoms with E-state index in [2.05, 4.69) is 5.32 Å². The number of carbonyl (C=O) groups is 2. The van der Waals surface area contributed by atoms with Crippen LogP contribution in [0.5, 0.6) is 0 Å². The van der Waals surface area contributed by atoms with Crippen LogP contribution in [0.4, 0.5) is 0 Å². The quantitative estimate of drug-likeness (QED) is 0.598. The third kappa shape index (κ3) is 11.7. The van der Waals surface area contributed by atoms with E-state index in [0.29, 0.717) is 13.2 Å². The highest BCUT2D eigenvalue weighted by molar-refractivity contribution is 5.77. The van der Waals surface area contributed by atoms with E-state index in [4.69, 9.17) is 9.84 Å². The summed E-state index contributed by atoms with van der Waals surface area (Å²) in [5.74, 6) is -0.959. The summed E-state index contributed by atoms with van der Waals surface area (Å²) in [5, 5.41) is 11.5. The maximum absolute atomic E-state index is 11.6. The summed E-state index contributed by atoms with van der Waals surface area (Å²) < 4.78 is 5.40. The highest BCUT2D eigenvalue weighted by atomic mass is 16.5. The van der Waals surface area contributed by atoms with Gasteiger partial charge in [0.2, 0.25) is 5.91 Å². The molecule has 0 saturated carbocycles. The molecule has 19 heavy (non-hydrogen) atoms. The highest BCUT2D eigenvalue weighted by Crippen LogP contribution is 2.24. The maximum atomic E-state index is 11.6. The molecule has 0 fully saturated rings. The lowest BCUT2D eigenvalue weighted by molar-refractivity contribution is -0.139. The van der Waals surface area contributed by atoms with Gasteiger partial charge < -0.3 is 15.2 Å². The third-order valence-corrected chi connectivity index (χ3v) is 2.61. The Hall–Kier alpha value is -1.10. The zero-order valence-electron chi connectivity index (χ0n) is 12.5. The molecule has 5 nitrogen and oxygen atoms in total. The van der Waals surface area contributed by atoms with Gasteiger partial charge in [-0.2, -0.15) is 0 Å². The summed E-state index contributed by atoms with van der Waals surface area (Å²) >= 11 is 0. The van der Waals surface area contributed by atoms with Gasteiger partial charge in [-0.1, -0.05) is 13.8 Å². The Labute approximate surface area is 115 Å². The molecule has 0 aromatic carbocycles. The van der Waals surface area contributed by atoms with Gasteiger partial charge in [-0.15, -0.1) is 0 Å². The van der Waals surface area contributed by atoms with Crippen molar-refractivity contribution in [3.05, 3.63) is 0 Å². The Morgan fingerprint density at radius 2 is 1.84 bits per heavy atom. The van der Waals surface area contributed by atoms with Gasteiger partial charge in [0.05, 0.1) is 12.5 Å². The molecule has 0 aliphatic heterocycles. The predicted molar refractivity (Wildman–Crippen MR) is 74.0 cm³/mol. The number of carboxylic acid groups (broad SMARTS) is 1. The SMILES string of the molecule is CC(C)OCCCCNC(=O)CC(C)(C)CC(=O)O. The summed E-state index contributed by atoms with van der Waals surface area (Å²) in [6.45, 7) is 8.88. The molecule has 0 spiro atoms. The van der Waals surface area contributed by atoms with Crippen molar-refractivity contribution in [2.45, 2.75) is 59.5 Å². The number of carboxylic acids is 1. The average molecular weight is 273 g/mol. The smallest absolute Gasteiger partial charge is 0.303 e. The van der Waals surface area contributed by atoms with E-state index in [1.807, 2.05) is 13.8 Å². The largest absolute Gasteiger partial charge is 0.481 e. The Bertz CT molecular complexity index is 287. The van der Waals surface area contributed by atoms with Crippen LogP contribution in [0, 0.1) is 5.41 Å². The fraction of sp³-hybridized carbons (Fsp3) is 0.857. The zero-order chi connectivity index (χ0) is 14.9. The monoisotopic (exact) mass is 273 g/mol. The molecule has 1 amide bonds. The van der Waals surface area contributed by atoms with Crippen LogP contribution in [-0.2, 0) is 14.3 Å². The summed E-state index contributed by atoms with van der Waals surface area (Å²) in [5.41, 5.74) is -0.503. The second kappa shape index (κ2) is 8.91. The number of rotatable bonds is 10. The molecule has 2 N–H and O–H groups in total.